The number of rotatable bonds is 1. The summed E-state index contributed by atoms with van der Waals surface area (Å²) in [7, 11) is 0. The number of hydrogen-bond donors (Lipinski definition) is 0. The molecule has 0 fully saturated rings. The number of benzene rings is 6. The Kier molecular flexibility index (Phi) is 2.58. The number of fused-ring (bicyclic) bond motifs is 4. The largest absolute Gasteiger partial charge is 0.0984 e. The quantitative estimate of drug-likeness (QED) is 0.216. The van der Waals surface area contributed by atoms with Crippen molar-refractivity contribution in [1.29, 1.82) is 0 Å². The summed E-state index contributed by atoms with van der Waals surface area (Å²) in [5.41, 5.74) is 1.23. The molecular formula is C26H16. The van der Waals surface area contributed by atoms with Gasteiger partial charge in [0.25, 0.3) is 0 Å². The first-order chi connectivity index (χ1) is 12.9. The second-order valence-electron chi connectivity index (χ2n) is 6.98. The third-order valence-corrected chi connectivity index (χ3v) is 5.76. The molecule has 0 spiro atoms. The lowest BCUT2D eigenvalue weighted by atomic mass is 9.85. The van der Waals surface area contributed by atoms with Crippen molar-refractivity contribution < 1.29 is 0 Å². The molecule has 0 heteroatoms. The SMILES string of the molecule is C=Cc1c2ccccc2c2c3cccc4cccc(c5cccc1c52)c43. The highest BCUT2D eigenvalue weighted by atomic mass is 14.2. The summed E-state index contributed by atoms with van der Waals surface area (Å²) in [4.78, 5) is 0. The van der Waals surface area contributed by atoms with E-state index in [2.05, 4.69) is 85.4 Å². The van der Waals surface area contributed by atoms with E-state index in [4.69, 9.17) is 0 Å². The summed E-state index contributed by atoms with van der Waals surface area (Å²) in [5, 5.41) is 13.3. The fourth-order valence-corrected chi connectivity index (χ4v) is 4.76. The molecule has 0 heterocycles. The molecule has 0 aliphatic heterocycles. The summed E-state index contributed by atoms with van der Waals surface area (Å²) < 4.78 is 0. The Bertz CT molecular complexity index is 1480. The van der Waals surface area contributed by atoms with Gasteiger partial charge in [0.2, 0.25) is 0 Å². The molecule has 26 heavy (non-hydrogen) atoms. The van der Waals surface area contributed by atoms with Crippen molar-refractivity contribution in [3.63, 3.8) is 0 Å². The third kappa shape index (κ3) is 1.55. The maximum absolute atomic E-state index is 4.12. The molecule has 120 valence electrons. The van der Waals surface area contributed by atoms with Gasteiger partial charge in [-0.25, -0.2) is 0 Å². The summed E-state index contributed by atoms with van der Waals surface area (Å²) in [6.45, 7) is 4.12. The van der Waals surface area contributed by atoms with Crippen LogP contribution in [0.15, 0.2) is 85.4 Å². The van der Waals surface area contributed by atoms with Crippen LogP contribution in [0.1, 0.15) is 5.56 Å². The third-order valence-electron chi connectivity index (χ3n) is 5.76. The predicted molar refractivity (Wildman–Crippen MR) is 115 cm³/mol. The van der Waals surface area contributed by atoms with Crippen molar-refractivity contribution >= 4 is 59.9 Å². The van der Waals surface area contributed by atoms with Crippen LogP contribution in [0, 0.1) is 0 Å². The zero-order valence-corrected chi connectivity index (χ0v) is 14.3. The predicted octanol–water partition coefficient (Wildman–Crippen LogP) is 7.53. The molecule has 6 aromatic carbocycles. The van der Waals surface area contributed by atoms with E-state index in [9.17, 15) is 0 Å². The molecule has 0 aliphatic rings. The normalized spacial score (nSPS) is 12.0. The van der Waals surface area contributed by atoms with Gasteiger partial charge in [0.15, 0.2) is 0 Å². The molecule has 6 aromatic rings. The Morgan fingerprint density at radius 1 is 0.462 bits per heavy atom. The van der Waals surface area contributed by atoms with Crippen LogP contribution in [0.3, 0.4) is 0 Å². The van der Waals surface area contributed by atoms with Gasteiger partial charge in [-0.3, -0.25) is 0 Å². The van der Waals surface area contributed by atoms with E-state index in [0.29, 0.717) is 0 Å². The standard InChI is InChI=1S/C26H16/c1-2-17-18-10-3-4-11-20(18)26-23-15-6-9-16-8-5-12-21(24(16)23)22-14-7-13-19(17)25(22)26/h2-15H,1H2. The van der Waals surface area contributed by atoms with Crippen LogP contribution in [0.4, 0.5) is 0 Å². The minimum absolute atomic E-state index is 1.23. The van der Waals surface area contributed by atoms with Crippen LogP contribution < -0.4 is 0 Å². The highest BCUT2D eigenvalue weighted by Crippen LogP contribution is 2.44. The summed E-state index contributed by atoms with van der Waals surface area (Å²) in [6, 6.07) is 28.7. The molecule has 0 amide bonds. The van der Waals surface area contributed by atoms with Crippen molar-refractivity contribution in [3.8, 4) is 0 Å². The van der Waals surface area contributed by atoms with Gasteiger partial charge < -0.3 is 0 Å². The molecule has 0 N–H and O–H groups in total. The highest BCUT2D eigenvalue weighted by molar-refractivity contribution is 6.39. The van der Waals surface area contributed by atoms with E-state index in [1.165, 1.54) is 59.4 Å². The summed E-state index contributed by atoms with van der Waals surface area (Å²) in [6.07, 6.45) is 2.01. The maximum Gasteiger partial charge on any atom is -0.00137 e. The topological polar surface area (TPSA) is 0 Å². The molecular weight excluding hydrogens is 312 g/mol. The Balaban J connectivity index is 2.14. The lowest BCUT2D eigenvalue weighted by Gasteiger charge is -2.18. The second-order valence-corrected chi connectivity index (χ2v) is 6.98. The molecule has 0 saturated heterocycles. The number of hydrogen-bond acceptors (Lipinski definition) is 0. The minimum Gasteiger partial charge on any atom is -0.0984 e. The van der Waals surface area contributed by atoms with Crippen molar-refractivity contribution in [2.45, 2.75) is 0 Å². The fraction of sp³-hybridized carbons (Fsp3) is 0. The first-order valence-electron chi connectivity index (χ1n) is 9.01. The molecule has 0 unspecified atom stereocenters. The Morgan fingerprint density at radius 2 is 0.962 bits per heavy atom. The molecule has 0 aliphatic carbocycles. The van der Waals surface area contributed by atoms with E-state index in [1.54, 1.807) is 0 Å². The van der Waals surface area contributed by atoms with Gasteiger partial charge in [-0.2, -0.15) is 0 Å². The summed E-state index contributed by atoms with van der Waals surface area (Å²) in [5.74, 6) is 0. The van der Waals surface area contributed by atoms with Gasteiger partial charge >= 0.3 is 0 Å². The van der Waals surface area contributed by atoms with Crippen molar-refractivity contribution in [2.24, 2.45) is 0 Å². The first kappa shape index (κ1) is 13.9. The fourth-order valence-electron chi connectivity index (χ4n) is 4.76. The first-order valence-corrected chi connectivity index (χ1v) is 9.01. The molecule has 6 rings (SSSR count). The van der Waals surface area contributed by atoms with E-state index in [-0.39, 0.29) is 0 Å². The lowest BCUT2D eigenvalue weighted by molar-refractivity contribution is 1.77. The Hall–Kier alpha value is -3.38. The zero-order valence-electron chi connectivity index (χ0n) is 14.3. The minimum atomic E-state index is 1.23. The van der Waals surface area contributed by atoms with Crippen LogP contribution in [0.25, 0.3) is 59.9 Å². The Morgan fingerprint density at radius 3 is 1.73 bits per heavy atom. The summed E-state index contributed by atoms with van der Waals surface area (Å²) >= 11 is 0. The highest BCUT2D eigenvalue weighted by Gasteiger charge is 2.17. The smallest absolute Gasteiger partial charge is 0.00137 e. The van der Waals surface area contributed by atoms with Gasteiger partial charge in [0, 0.05) is 0 Å². The maximum atomic E-state index is 4.12. The monoisotopic (exact) mass is 328 g/mol. The average Bonchev–Trinajstić information content (AvgIpc) is 2.70. The molecule has 0 nitrogen and oxygen atoms in total. The van der Waals surface area contributed by atoms with Gasteiger partial charge in [-0.05, 0) is 59.4 Å². The van der Waals surface area contributed by atoms with Crippen LogP contribution >= 0.6 is 0 Å². The molecule has 0 radical (unpaired) electrons. The molecule has 0 atom stereocenters. The zero-order chi connectivity index (χ0) is 17.3. The van der Waals surface area contributed by atoms with Crippen LogP contribution in [0.5, 0.6) is 0 Å². The van der Waals surface area contributed by atoms with Gasteiger partial charge in [0.1, 0.15) is 0 Å². The molecule has 0 saturated carbocycles. The van der Waals surface area contributed by atoms with Gasteiger partial charge in [-0.15, -0.1) is 0 Å². The second kappa shape index (κ2) is 4.83. The van der Waals surface area contributed by atoms with Crippen molar-refractivity contribution in [3.05, 3.63) is 91.0 Å². The van der Waals surface area contributed by atoms with Crippen molar-refractivity contribution in [2.75, 3.05) is 0 Å². The van der Waals surface area contributed by atoms with Gasteiger partial charge in [-0.1, -0.05) is 91.5 Å². The molecule has 0 aromatic heterocycles. The average molecular weight is 328 g/mol. The van der Waals surface area contributed by atoms with E-state index in [1.807, 2.05) is 6.08 Å². The lowest BCUT2D eigenvalue weighted by Crippen LogP contribution is -1.91. The van der Waals surface area contributed by atoms with Crippen LogP contribution in [-0.2, 0) is 0 Å². The van der Waals surface area contributed by atoms with E-state index in [0.717, 1.165) is 0 Å². The van der Waals surface area contributed by atoms with E-state index < -0.39 is 0 Å². The Labute approximate surface area is 151 Å². The van der Waals surface area contributed by atoms with E-state index >= 15 is 0 Å². The van der Waals surface area contributed by atoms with Gasteiger partial charge in [0.05, 0.1) is 0 Å². The van der Waals surface area contributed by atoms with Crippen LogP contribution in [0.2, 0.25) is 0 Å². The molecule has 0 bridgehead atoms. The van der Waals surface area contributed by atoms with Crippen LogP contribution in [-0.4, -0.2) is 0 Å². The van der Waals surface area contributed by atoms with Crippen molar-refractivity contribution in [1.82, 2.24) is 0 Å².